The van der Waals surface area contributed by atoms with E-state index in [2.05, 4.69) is 26.5 Å². The molecule has 8 heteroatoms. The molecule has 120 valence electrons. The molecule has 0 amide bonds. The van der Waals surface area contributed by atoms with Crippen molar-refractivity contribution in [2.75, 3.05) is 12.0 Å². The minimum absolute atomic E-state index is 0.0424. The van der Waals surface area contributed by atoms with Gasteiger partial charge in [-0.15, -0.1) is 0 Å². The predicted molar refractivity (Wildman–Crippen MR) is 88.3 cm³/mol. The molecule has 0 fully saturated rings. The highest BCUT2D eigenvalue weighted by Gasteiger charge is 2.14. The number of ether oxygens (including phenoxy) is 1. The van der Waals surface area contributed by atoms with E-state index >= 15 is 0 Å². The Balaban J connectivity index is 2.82. The minimum Gasteiger partial charge on any atom is -0.481 e. The second-order valence-electron chi connectivity index (χ2n) is 4.24. The first kappa shape index (κ1) is 18.4. The molecule has 0 unspecified atom stereocenters. The number of halogens is 2. The van der Waals surface area contributed by atoms with Crippen LogP contribution in [-0.4, -0.2) is 29.4 Å². The molecule has 1 aromatic carbocycles. The summed E-state index contributed by atoms with van der Waals surface area (Å²) in [5.74, 6) is -1.49. The van der Waals surface area contributed by atoms with Crippen LogP contribution in [0.5, 0.6) is 0 Å². The van der Waals surface area contributed by atoms with Gasteiger partial charge in [-0.25, -0.2) is 4.79 Å². The van der Waals surface area contributed by atoms with Gasteiger partial charge in [0.15, 0.2) is 0 Å². The van der Waals surface area contributed by atoms with Crippen molar-refractivity contribution in [3.8, 4) is 0 Å². The van der Waals surface area contributed by atoms with Crippen molar-refractivity contribution >= 4 is 50.9 Å². The Labute approximate surface area is 141 Å². The molecule has 0 aliphatic carbocycles. The Morgan fingerprint density at radius 2 is 2.14 bits per heavy atom. The van der Waals surface area contributed by atoms with E-state index < -0.39 is 11.9 Å². The van der Waals surface area contributed by atoms with Crippen LogP contribution >= 0.6 is 27.5 Å². The normalized spacial score (nSPS) is 11.1. The number of hydrogen-bond acceptors (Lipinski definition) is 5. The van der Waals surface area contributed by atoms with E-state index in [1.54, 1.807) is 25.1 Å². The van der Waals surface area contributed by atoms with E-state index in [9.17, 15) is 9.59 Å². The Hall–Kier alpha value is -1.60. The van der Waals surface area contributed by atoms with Crippen LogP contribution in [-0.2, 0) is 14.3 Å². The van der Waals surface area contributed by atoms with Crippen LogP contribution in [0.25, 0.3) is 0 Å². The van der Waals surface area contributed by atoms with Crippen LogP contribution < -0.4 is 5.43 Å². The summed E-state index contributed by atoms with van der Waals surface area (Å²) in [6, 6.07) is 5.18. The number of carboxylic acid groups (broad SMARTS) is 1. The van der Waals surface area contributed by atoms with E-state index in [0.717, 1.165) is 0 Å². The number of benzene rings is 1. The summed E-state index contributed by atoms with van der Waals surface area (Å²) in [5.41, 5.74) is 3.46. The monoisotopic (exact) mass is 390 g/mol. The Morgan fingerprint density at radius 3 is 2.77 bits per heavy atom. The highest BCUT2D eigenvalue weighted by atomic mass is 79.9. The summed E-state index contributed by atoms with van der Waals surface area (Å²) in [6.45, 7) is 1.91. The van der Waals surface area contributed by atoms with Crippen LogP contribution in [0, 0.1) is 0 Å². The third-order valence-corrected chi connectivity index (χ3v) is 3.98. The van der Waals surface area contributed by atoms with Crippen molar-refractivity contribution in [1.82, 2.24) is 0 Å². The quantitative estimate of drug-likeness (QED) is 0.401. The Kier molecular flexibility index (Phi) is 7.90. The number of aliphatic carboxylic acids is 1. The highest BCUT2D eigenvalue weighted by Crippen LogP contribution is 2.30. The van der Waals surface area contributed by atoms with Gasteiger partial charge in [-0.1, -0.05) is 17.7 Å². The van der Waals surface area contributed by atoms with Crippen molar-refractivity contribution in [3.05, 3.63) is 27.7 Å². The zero-order valence-corrected chi connectivity index (χ0v) is 14.3. The summed E-state index contributed by atoms with van der Waals surface area (Å²) in [5, 5.41) is 13.2. The molecule has 0 saturated heterocycles. The first-order valence-electron chi connectivity index (χ1n) is 6.61. The zero-order chi connectivity index (χ0) is 16.5. The molecular weight excluding hydrogens is 376 g/mol. The van der Waals surface area contributed by atoms with Crippen LogP contribution in [0.1, 0.15) is 26.2 Å². The predicted octanol–water partition coefficient (Wildman–Crippen LogP) is 3.69. The van der Waals surface area contributed by atoms with E-state index in [-0.39, 0.29) is 25.2 Å². The van der Waals surface area contributed by atoms with Crippen LogP contribution in [0.2, 0.25) is 5.02 Å². The van der Waals surface area contributed by atoms with E-state index in [0.29, 0.717) is 21.6 Å². The molecule has 1 rings (SSSR count). The van der Waals surface area contributed by atoms with Gasteiger partial charge in [-0.3, -0.25) is 10.2 Å². The van der Waals surface area contributed by atoms with Crippen molar-refractivity contribution in [2.24, 2.45) is 5.10 Å². The molecule has 0 aromatic heterocycles. The molecule has 0 bridgehead atoms. The largest absolute Gasteiger partial charge is 0.481 e. The van der Waals surface area contributed by atoms with Crippen molar-refractivity contribution in [3.63, 3.8) is 0 Å². The SMILES string of the molecule is CCOC(=O)/C(CCCC(=O)O)=N\Nc1cccc(Cl)c1Br. The topological polar surface area (TPSA) is 88.0 Å². The molecule has 0 radical (unpaired) electrons. The number of rotatable bonds is 8. The first-order valence-corrected chi connectivity index (χ1v) is 7.78. The van der Waals surface area contributed by atoms with Gasteiger partial charge >= 0.3 is 11.9 Å². The molecule has 0 spiro atoms. The summed E-state index contributed by atoms with van der Waals surface area (Å²) >= 11 is 9.28. The lowest BCUT2D eigenvalue weighted by molar-refractivity contribution is -0.137. The molecule has 1 aromatic rings. The van der Waals surface area contributed by atoms with Crippen molar-refractivity contribution in [1.29, 1.82) is 0 Å². The highest BCUT2D eigenvalue weighted by molar-refractivity contribution is 9.10. The fourth-order valence-electron chi connectivity index (χ4n) is 1.54. The average Bonchev–Trinajstić information content (AvgIpc) is 2.46. The van der Waals surface area contributed by atoms with E-state index in [1.807, 2.05) is 0 Å². The molecular formula is C14H16BrClN2O4. The zero-order valence-electron chi connectivity index (χ0n) is 11.9. The third kappa shape index (κ3) is 6.03. The number of hydrazone groups is 1. The van der Waals surface area contributed by atoms with E-state index in [1.165, 1.54) is 0 Å². The number of anilines is 1. The molecule has 0 aliphatic heterocycles. The molecule has 0 atom stereocenters. The lowest BCUT2D eigenvalue weighted by Gasteiger charge is -2.08. The lowest BCUT2D eigenvalue weighted by atomic mass is 10.1. The van der Waals surface area contributed by atoms with Gasteiger partial charge in [0.25, 0.3) is 0 Å². The first-order chi connectivity index (χ1) is 10.5. The number of esters is 1. The number of nitrogens with zero attached hydrogens (tertiary/aromatic N) is 1. The van der Waals surface area contributed by atoms with Gasteiger partial charge < -0.3 is 9.84 Å². The van der Waals surface area contributed by atoms with Gasteiger partial charge in [0.2, 0.25) is 0 Å². The fraction of sp³-hybridized carbons (Fsp3) is 0.357. The molecule has 0 saturated carbocycles. The van der Waals surface area contributed by atoms with E-state index in [4.69, 9.17) is 21.4 Å². The number of hydrogen-bond donors (Lipinski definition) is 2. The smallest absolute Gasteiger partial charge is 0.354 e. The lowest BCUT2D eigenvalue weighted by Crippen LogP contribution is -2.19. The van der Waals surface area contributed by atoms with Crippen LogP contribution in [0.4, 0.5) is 5.69 Å². The molecule has 2 N–H and O–H groups in total. The average molecular weight is 392 g/mol. The maximum absolute atomic E-state index is 11.8. The molecule has 6 nitrogen and oxygen atoms in total. The summed E-state index contributed by atoms with van der Waals surface area (Å²) < 4.78 is 5.53. The minimum atomic E-state index is -0.922. The fourth-order valence-corrected chi connectivity index (χ4v) is 2.07. The molecule has 0 heterocycles. The van der Waals surface area contributed by atoms with Gasteiger partial charge in [0, 0.05) is 6.42 Å². The second kappa shape index (κ2) is 9.42. The second-order valence-corrected chi connectivity index (χ2v) is 5.44. The van der Waals surface area contributed by atoms with Crippen molar-refractivity contribution in [2.45, 2.75) is 26.2 Å². The summed E-state index contributed by atoms with van der Waals surface area (Å²) in [4.78, 5) is 22.4. The standard InChI is InChI=1S/C14H16BrClN2O4/c1-2-22-14(21)11(7-4-8-12(19)20)18-17-10-6-3-5-9(16)13(10)15/h3,5-6,17H,2,4,7-8H2,1H3,(H,19,20)/b18-11-. The van der Waals surface area contributed by atoms with Gasteiger partial charge in [-0.05, 0) is 47.8 Å². The number of carboxylic acids is 1. The summed E-state index contributed by atoms with van der Waals surface area (Å²) in [7, 11) is 0. The maximum Gasteiger partial charge on any atom is 0.354 e. The third-order valence-electron chi connectivity index (χ3n) is 2.58. The molecule has 22 heavy (non-hydrogen) atoms. The van der Waals surface area contributed by atoms with Gasteiger partial charge in [-0.2, -0.15) is 5.10 Å². The van der Waals surface area contributed by atoms with Crippen molar-refractivity contribution < 1.29 is 19.4 Å². The van der Waals surface area contributed by atoms with Crippen LogP contribution in [0.3, 0.4) is 0 Å². The maximum atomic E-state index is 11.8. The Morgan fingerprint density at radius 1 is 1.41 bits per heavy atom. The molecule has 0 aliphatic rings. The number of carbonyl (C=O) groups excluding carboxylic acids is 1. The van der Waals surface area contributed by atoms with Crippen LogP contribution in [0.15, 0.2) is 27.8 Å². The summed E-state index contributed by atoms with van der Waals surface area (Å²) in [6.07, 6.45) is 0.459. The number of nitrogens with one attached hydrogen (secondary N) is 1. The Bertz CT molecular complexity index is 578. The van der Waals surface area contributed by atoms with Gasteiger partial charge in [0.1, 0.15) is 5.71 Å². The van der Waals surface area contributed by atoms with Gasteiger partial charge in [0.05, 0.1) is 21.8 Å². The number of carbonyl (C=O) groups is 2.